The third-order valence-electron chi connectivity index (χ3n) is 7.16. The summed E-state index contributed by atoms with van der Waals surface area (Å²) in [6.45, 7) is 17.0. The van der Waals surface area contributed by atoms with E-state index in [2.05, 4.69) is 10.6 Å². The van der Waals surface area contributed by atoms with Crippen LogP contribution in [-0.4, -0.2) is 47.1 Å². The van der Waals surface area contributed by atoms with Gasteiger partial charge in [-0.2, -0.15) is 0 Å². The van der Waals surface area contributed by atoms with E-state index in [1.54, 1.807) is 57.0 Å². The lowest BCUT2D eigenvalue weighted by Gasteiger charge is -2.45. The Kier molecular flexibility index (Phi) is 11.2. The molecule has 2 N–H and O–H groups in total. The molecule has 8 nitrogen and oxygen atoms in total. The summed E-state index contributed by atoms with van der Waals surface area (Å²) in [5.41, 5.74) is 0.833. The van der Waals surface area contributed by atoms with Crippen LogP contribution in [-0.2, 0) is 14.3 Å². The molecule has 0 aliphatic heterocycles. The molecule has 0 heterocycles. The molecule has 0 saturated heterocycles. The predicted molar refractivity (Wildman–Crippen MR) is 159 cm³/mol. The molecule has 2 rings (SSSR count). The molecule has 8 heteroatoms. The van der Waals surface area contributed by atoms with Crippen LogP contribution < -0.4 is 15.4 Å². The molecule has 0 aliphatic rings. The molecule has 2 aromatic carbocycles. The van der Waals surface area contributed by atoms with Gasteiger partial charge in [0, 0.05) is 11.2 Å². The number of methoxy groups -OCH3 is 1. The number of rotatable bonds is 11. The molecule has 0 aliphatic carbocycles. The fourth-order valence-electron chi connectivity index (χ4n) is 4.26. The van der Waals surface area contributed by atoms with Crippen LogP contribution in [0.2, 0.25) is 0 Å². The van der Waals surface area contributed by atoms with Crippen LogP contribution in [0.3, 0.4) is 0 Å². The van der Waals surface area contributed by atoms with Crippen molar-refractivity contribution in [2.45, 2.75) is 98.4 Å². The van der Waals surface area contributed by atoms with Crippen LogP contribution in [0.15, 0.2) is 48.5 Å². The first kappa shape index (κ1) is 32.7. The maximum Gasteiger partial charge on any atom is 0.408 e. The number of hydrogen-bond donors (Lipinski definition) is 2. The number of amides is 3. The Morgan fingerprint density at radius 3 is 1.98 bits per heavy atom. The van der Waals surface area contributed by atoms with Crippen LogP contribution in [0.1, 0.15) is 85.4 Å². The van der Waals surface area contributed by atoms with Gasteiger partial charge in [-0.3, -0.25) is 9.59 Å². The van der Waals surface area contributed by atoms with E-state index >= 15 is 0 Å². The molecule has 2 aromatic rings. The van der Waals surface area contributed by atoms with E-state index in [4.69, 9.17) is 9.47 Å². The third kappa shape index (κ3) is 8.73. The summed E-state index contributed by atoms with van der Waals surface area (Å²) in [5.74, 6) is -0.244. The van der Waals surface area contributed by atoms with Gasteiger partial charge in [0.1, 0.15) is 23.4 Å². The highest BCUT2D eigenvalue weighted by molar-refractivity contribution is 5.99. The zero-order chi connectivity index (χ0) is 30.3. The second kappa shape index (κ2) is 13.7. The van der Waals surface area contributed by atoms with Gasteiger partial charge in [0.15, 0.2) is 0 Å². The molecule has 0 spiro atoms. The van der Waals surface area contributed by atoms with Crippen molar-refractivity contribution in [1.82, 2.24) is 10.2 Å². The molecule has 0 fully saturated rings. The second-order valence-electron chi connectivity index (χ2n) is 11.9. The Hall–Kier alpha value is -3.55. The first-order valence-corrected chi connectivity index (χ1v) is 14.0. The molecule has 3 atom stereocenters. The minimum atomic E-state index is -0.961. The lowest BCUT2D eigenvalue weighted by molar-refractivity contribution is -0.148. The molecule has 3 amide bonds. The smallest absolute Gasteiger partial charge is 0.408 e. The Morgan fingerprint density at radius 1 is 0.925 bits per heavy atom. The predicted octanol–water partition coefficient (Wildman–Crippen LogP) is 6.64. The summed E-state index contributed by atoms with van der Waals surface area (Å²) in [7, 11) is 1.58. The first-order chi connectivity index (χ1) is 18.6. The molecule has 0 bridgehead atoms. The second-order valence-corrected chi connectivity index (χ2v) is 11.9. The Labute approximate surface area is 239 Å². The summed E-state index contributed by atoms with van der Waals surface area (Å²) in [5, 5.41) is 5.81. The fraction of sp³-hybridized carbons (Fsp3) is 0.531. The highest BCUT2D eigenvalue weighted by Gasteiger charge is 2.44. The number of ether oxygens (including phenoxy) is 2. The van der Waals surface area contributed by atoms with Crippen molar-refractivity contribution in [3.05, 3.63) is 59.7 Å². The molecule has 220 valence electrons. The largest absolute Gasteiger partial charge is 0.497 e. The lowest BCUT2D eigenvalue weighted by atomic mass is 9.89. The molecule has 0 radical (unpaired) electrons. The van der Waals surface area contributed by atoms with Crippen LogP contribution >= 0.6 is 0 Å². The maximum absolute atomic E-state index is 14.5. The number of nitrogens with zero attached hydrogens (tertiary/aromatic N) is 1. The van der Waals surface area contributed by atoms with Gasteiger partial charge in [0.2, 0.25) is 5.91 Å². The SMILES string of the molecule is CCC(C)C(NC(=O)OC(C)(C)C)C(=O)N(C(C(=O)Nc1ccc(OC)cc1)c1ccc(C)cc1)C(C)(C)CC. The number of aryl methyl sites for hydroxylation is 1. The zero-order valence-electron chi connectivity index (χ0n) is 25.8. The number of nitrogens with one attached hydrogen (secondary N) is 2. The Morgan fingerprint density at radius 2 is 1.50 bits per heavy atom. The third-order valence-corrected chi connectivity index (χ3v) is 7.16. The van der Waals surface area contributed by atoms with Crippen molar-refractivity contribution in [2.24, 2.45) is 5.92 Å². The van der Waals surface area contributed by atoms with E-state index in [1.807, 2.05) is 65.8 Å². The van der Waals surface area contributed by atoms with Gasteiger partial charge in [-0.15, -0.1) is 0 Å². The summed E-state index contributed by atoms with van der Waals surface area (Å²) in [6.07, 6.45) is 0.547. The van der Waals surface area contributed by atoms with E-state index in [0.29, 0.717) is 29.8 Å². The minimum absolute atomic E-state index is 0.210. The molecular formula is C32H47N3O5. The van der Waals surface area contributed by atoms with Crippen LogP contribution in [0.4, 0.5) is 10.5 Å². The molecule has 40 heavy (non-hydrogen) atoms. The summed E-state index contributed by atoms with van der Waals surface area (Å²) in [6, 6.07) is 12.8. The number of benzene rings is 2. The number of alkyl carbamates (subject to hydrolysis) is 1. The van der Waals surface area contributed by atoms with Gasteiger partial charge in [0.05, 0.1) is 7.11 Å². The van der Waals surface area contributed by atoms with Gasteiger partial charge >= 0.3 is 6.09 Å². The van der Waals surface area contributed by atoms with E-state index in [1.165, 1.54) is 0 Å². The number of carbonyl (C=O) groups is 3. The van der Waals surface area contributed by atoms with Crippen molar-refractivity contribution in [1.29, 1.82) is 0 Å². The number of anilines is 1. The highest BCUT2D eigenvalue weighted by atomic mass is 16.6. The minimum Gasteiger partial charge on any atom is -0.497 e. The monoisotopic (exact) mass is 553 g/mol. The highest BCUT2D eigenvalue weighted by Crippen LogP contribution is 2.34. The molecule has 0 aromatic heterocycles. The van der Waals surface area contributed by atoms with Crippen LogP contribution in [0, 0.1) is 12.8 Å². The van der Waals surface area contributed by atoms with E-state index in [0.717, 1.165) is 5.56 Å². The Balaban J connectivity index is 2.63. The quantitative estimate of drug-likeness (QED) is 0.325. The van der Waals surface area contributed by atoms with Crippen LogP contribution in [0.5, 0.6) is 5.75 Å². The van der Waals surface area contributed by atoms with Crippen molar-refractivity contribution >= 4 is 23.6 Å². The van der Waals surface area contributed by atoms with Gasteiger partial charge in [-0.05, 0) is 83.7 Å². The molecule has 3 unspecified atom stereocenters. The zero-order valence-corrected chi connectivity index (χ0v) is 25.8. The first-order valence-electron chi connectivity index (χ1n) is 14.0. The maximum atomic E-state index is 14.5. The standard InChI is InChI=1S/C32H47N3O5/c1-11-22(4)26(34-30(38)40-31(5,6)7)29(37)35(32(8,9)12-2)27(23-15-13-21(3)14-16-23)28(36)33-24-17-19-25(39-10)20-18-24/h13-20,22,26-27H,11-12H2,1-10H3,(H,33,36)(H,34,38). The van der Waals surface area contributed by atoms with Crippen molar-refractivity contribution < 1.29 is 23.9 Å². The van der Waals surface area contributed by atoms with Crippen molar-refractivity contribution in [3.63, 3.8) is 0 Å². The number of hydrogen-bond acceptors (Lipinski definition) is 5. The average molecular weight is 554 g/mol. The van der Waals surface area contributed by atoms with Gasteiger partial charge in [-0.25, -0.2) is 4.79 Å². The van der Waals surface area contributed by atoms with Crippen molar-refractivity contribution in [2.75, 3.05) is 12.4 Å². The lowest BCUT2D eigenvalue weighted by Crippen LogP contribution is -2.60. The normalized spacial score (nSPS) is 13.9. The van der Waals surface area contributed by atoms with E-state index in [9.17, 15) is 14.4 Å². The molecule has 0 saturated carbocycles. The fourth-order valence-corrected chi connectivity index (χ4v) is 4.26. The topological polar surface area (TPSA) is 97.0 Å². The van der Waals surface area contributed by atoms with E-state index < -0.39 is 29.3 Å². The summed E-state index contributed by atoms with van der Waals surface area (Å²) >= 11 is 0. The average Bonchev–Trinajstić information content (AvgIpc) is 2.89. The van der Waals surface area contributed by atoms with Gasteiger partial charge in [-0.1, -0.05) is 57.0 Å². The van der Waals surface area contributed by atoms with Gasteiger partial charge < -0.3 is 25.0 Å². The van der Waals surface area contributed by atoms with E-state index in [-0.39, 0.29) is 17.7 Å². The number of carbonyl (C=O) groups excluding carboxylic acids is 3. The summed E-state index contributed by atoms with van der Waals surface area (Å²) < 4.78 is 10.7. The van der Waals surface area contributed by atoms with Gasteiger partial charge in [0.25, 0.3) is 5.91 Å². The molecular weight excluding hydrogens is 506 g/mol. The van der Waals surface area contributed by atoms with Crippen LogP contribution in [0.25, 0.3) is 0 Å². The summed E-state index contributed by atoms with van der Waals surface area (Å²) in [4.78, 5) is 43.1. The Bertz CT molecular complexity index is 1140. The van der Waals surface area contributed by atoms with Crippen molar-refractivity contribution in [3.8, 4) is 5.75 Å².